The normalized spacial score (nSPS) is 12.2. The Bertz CT molecular complexity index is 854. The van der Waals surface area contributed by atoms with E-state index in [2.05, 4.69) is 25.3 Å². The molecule has 2 amide bonds. The molecule has 0 aliphatic carbocycles. The largest absolute Gasteiger partial charge is 0.483 e. The van der Waals surface area contributed by atoms with E-state index in [0.29, 0.717) is 11.5 Å². The fourth-order valence-corrected chi connectivity index (χ4v) is 2.31. The van der Waals surface area contributed by atoms with Crippen LogP contribution in [0.1, 0.15) is 41.6 Å². The lowest BCUT2D eigenvalue weighted by atomic mass is 10.1. The summed E-state index contributed by atoms with van der Waals surface area (Å²) in [4.78, 5) is 31.5. The van der Waals surface area contributed by atoms with Gasteiger partial charge in [0.05, 0.1) is 12.2 Å². The number of hydrogen-bond acceptors (Lipinski definition) is 5. The molecule has 0 saturated heterocycles. The number of aromatic nitrogens is 2. The van der Waals surface area contributed by atoms with Gasteiger partial charge in [0.15, 0.2) is 6.61 Å². The number of anilines is 1. The molecule has 7 nitrogen and oxygen atoms in total. The van der Waals surface area contributed by atoms with Crippen molar-refractivity contribution in [1.29, 1.82) is 0 Å². The Morgan fingerprint density at radius 1 is 1.25 bits per heavy atom. The van der Waals surface area contributed by atoms with Crippen molar-refractivity contribution in [3.63, 3.8) is 0 Å². The first-order chi connectivity index (χ1) is 13.0. The summed E-state index contributed by atoms with van der Waals surface area (Å²) >= 11 is 0. The molecule has 0 aromatic carbocycles. The highest BCUT2D eigenvalue weighted by molar-refractivity contribution is 5.92. The van der Waals surface area contributed by atoms with Crippen LogP contribution < -0.4 is 15.4 Å². The molecule has 28 heavy (non-hydrogen) atoms. The van der Waals surface area contributed by atoms with Crippen LogP contribution in [0.3, 0.4) is 0 Å². The van der Waals surface area contributed by atoms with Gasteiger partial charge in [-0.15, -0.1) is 0 Å². The van der Waals surface area contributed by atoms with Crippen LogP contribution in [0, 0.1) is 6.92 Å². The first-order valence-electron chi connectivity index (χ1n) is 8.26. The van der Waals surface area contributed by atoms with Crippen molar-refractivity contribution < 1.29 is 27.5 Å². The molecule has 0 saturated carbocycles. The number of pyridine rings is 2. The molecule has 2 aromatic rings. The predicted molar refractivity (Wildman–Crippen MR) is 94.9 cm³/mol. The van der Waals surface area contributed by atoms with E-state index in [1.165, 1.54) is 19.1 Å². The average Bonchev–Trinajstić information content (AvgIpc) is 2.58. The number of amides is 2. The van der Waals surface area contributed by atoms with E-state index >= 15 is 0 Å². The lowest BCUT2D eigenvalue weighted by Crippen LogP contribution is -2.27. The zero-order valence-electron chi connectivity index (χ0n) is 15.4. The summed E-state index contributed by atoms with van der Waals surface area (Å²) in [7, 11) is 0. The topological polar surface area (TPSA) is 93.2 Å². The van der Waals surface area contributed by atoms with Crippen LogP contribution in [0.5, 0.6) is 5.75 Å². The quantitative estimate of drug-likeness (QED) is 0.782. The van der Waals surface area contributed by atoms with Gasteiger partial charge in [0, 0.05) is 12.6 Å². The molecule has 2 aromatic heterocycles. The molecule has 10 heteroatoms. The van der Waals surface area contributed by atoms with Crippen LogP contribution in [-0.2, 0) is 4.79 Å². The molecule has 0 fully saturated rings. The zero-order chi connectivity index (χ0) is 20.9. The van der Waals surface area contributed by atoms with E-state index in [0.717, 1.165) is 11.8 Å². The van der Waals surface area contributed by atoms with Crippen LogP contribution in [-0.4, -0.2) is 34.6 Å². The van der Waals surface area contributed by atoms with Crippen molar-refractivity contribution in [2.45, 2.75) is 33.0 Å². The number of hydrogen-bond donors (Lipinski definition) is 2. The van der Waals surface area contributed by atoms with Gasteiger partial charge in [0.2, 0.25) is 5.91 Å². The van der Waals surface area contributed by atoms with Crippen molar-refractivity contribution in [2.75, 3.05) is 11.9 Å². The van der Waals surface area contributed by atoms with E-state index in [-0.39, 0.29) is 17.4 Å². The molecule has 150 valence electrons. The monoisotopic (exact) mass is 396 g/mol. The van der Waals surface area contributed by atoms with Gasteiger partial charge in [-0.2, -0.15) is 13.2 Å². The highest BCUT2D eigenvalue weighted by Gasteiger charge is 2.28. The maximum absolute atomic E-state index is 12.3. The molecule has 1 atom stereocenters. The highest BCUT2D eigenvalue weighted by atomic mass is 19.4. The van der Waals surface area contributed by atoms with Crippen LogP contribution in [0.2, 0.25) is 0 Å². The Morgan fingerprint density at radius 3 is 2.54 bits per heavy atom. The first kappa shape index (κ1) is 21.1. The summed E-state index contributed by atoms with van der Waals surface area (Å²) in [5.74, 6) is -0.497. The molecular formula is C18H19F3N4O3. The minimum Gasteiger partial charge on any atom is -0.483 e. The van der Waals surface area contributed by atoms with Crippen LogP contribution in [0.15, 0.2) is 30.5 Å². The lowest BCUT2D eigenvalue weighted by Gasteiger charge is -2.16. The fraction of sp³-hybridized carbons (Fsp3) is 0.333. The molecule has 2 rings (SSSR count). The second-order valence-electron chi connectivity index (χ2n) is 6.09. The Morgan fingerprint density at radius 2 is 1.96 bits per heavy atom. The van der Waals surface area contributed by atoms with Crippen molar-refractivity contribution in [2.24, 2.45) is 0 Å². The summed E-state index contributed by atoms with van der Waals surface area (Å²) in [5.41, 5.74) is 1.40. The number of rotatable bonds is 6. The van der Waals surface area contributed by atoms with Gasteiger partial charge in [-0.3, -0.25) is 9.59 Å². The molecule has 2 heterocycles. The van der Waals surface area contributed by atoms with E-state index in [9.17, 15) is 22.8 Å². The molecule has 0 radical (unpaired) electrons. The average molecular weight is 396 g/mol. The van der Waals surface area contributed by atoms with E-state index in [1.807, 2.05) is 0 Å². The van der Waals surface area contributed by atoms with Gasteiger partial charge >= 0.3 is 6.18 Å². The number of carbonyl (C=O) groups excluding carboxylic acids is 2. The second-order valence-corrected chi connectivity index (χ2v) is 6.09. The predicted octanol–water partition coefficient (Wildman–Crippen LogP) is 3.18. The molecular weight excluding hydrogens is 377 g/mol. The Kier molecular flexibility index (Phi) is 6.55. The summed E-state index contributed by atoms with van der Waals surface area (Å²) in [6, 6.07) is 5.49. The second kappa shape index (κ2) is 8.68. The number of halogens is 3. The van der Waals surface area contributed by atoms with Crippen molar-refractivity contribution in [1.82, 2.24) is 15.3 Å². The maximum Gasteiger partial charge on any atom is 0.422 e. The number of nitrogens with zero attached hydrogens (tertiary/aromatic N) is 2. The van der Waals surface area contributed by atoms with Gasteiger partial charge in [0.1, 0.15) is 17.3 Å². The smallest absolute Gasteiger partial charge is 0.422 e. The van der Waals surface area contributed by atoms with Crippen molar-refractivity contribution in [3.8, 4) is 5.75 Å². The SMILES string of the molecule is CC(=O)Nc1cc(C(C)NC(=O)c2ccc(OCC(F)(F)F)cn2)cc(C)n1. The molecule has 0 spiro atoms. The zero-order valence-corrected chi connectivity index (χ0v) is 15.4. The van der Waals surface area contributed by atoms with Crippen LogP contribution in [0.25, 0.3) is 0 Å². The van der Waals surface area contributed by atoms with E-state index in [1.54, 1.807) is 26.0 Å². The highest BCUT2D eigenvalue weighted by Crippen LogP contribution is 2.20. The van der Waals surface area contributed by atoms with Crippen molar-refractivity contribution >= 4 is 17.6 Å². The Labute approximate surface area is 159 Å². The first-order valence-corrected chi connectivity index (χ1v) is 8.26. The van der Waals surface area contributed by atoms with E-state index in [4.69, 9.17) is 0 Å². The standard InChI is InChI=1S/C18H19F3N4O3/c1-10-6-13(7-16(23-10)25-12(3)26)11(2)24-17(27)15-5-4-14(8-22-15)28-9-18(19,20)21/h4-8,11H,9H2,1-3H3,(H,24,27)(H,23,25,26). The fourth-order valence-electron chi connectivity index (χ4n) is 2.31. The van der Waals surface area contributed by atoms with Crippen LogP contribution in [0.4, 0.5) is 19.0 Å². The number of ether oxygens (including phenoxy) is 1. The number of nitrogens with one attached hydrogen (secondary N) is 2. The minimum absolute atomic E-state index is 0.0269. The Balaban J connectivity index is 2.04. The van der Waals surface area contributed by atoms with Gasteiger partial charge in [-0.25, -0.2) is 9.97 Å². The van der Waals surface area contributed by atoms with Gasteiger partial charge in [-0.1, -0.05) is 0 Å². The minimum atomic E-state index is -4.45. The van der Waals surface area contributed by atoms with Crippen molar-refractivity contribution in [3.05, 3.63) is 47.4 Å². The third kappa shape index (κ3) is 6.53. The van der Waals surface area contributed by atoms with Gasteiger partial charge in [0.25, 0.3) is 5.91 Å². The summed E-state index contributed by atoms with van der Waals surface area (Å²) in [6.07, 6.45) is -3.40. The molecule has 0 aliphatic heterocycles. The summed E-state index contributed by atoms with van der Waals surface area (Å²) in [6.45, 7) is 3.42. The number of carbonyl (C=O) groups is 2. The molecule has 1 unspecified atom stereocenters. The van der Waals surface area contributed by atoms with Gasteiger partial charge < -0.3 is 15.4 Å². The Hall–Kier alpha value is -3.17. The molecule has 0 bridgehead atoms. The number of aryl methyl sites for hydroxylation is 1. The maximum atomic E-state index is 12.3. The summed E-state index contributed by atoms with van der Waals surface area (Å²) in [5, 5.41) is 5.32. The summed E-state index contributed by atoms with van der Waals surface area (Å²) < 4.78 is 41.0. The molecule has 2 N–H and O–H groups in total. The number of alkyl halides is 3. The third-order valence-corrected chi connectivity index (χ3v) is 3.50. The lowest BCUT2D eigenvalue weighted by molar-refractivity contribution is -0.153. The van der Waals surface area contributed by atoms with Gasteiger partial charge in [-0.05, 0) is 43.7 Å². The van der Waals surface area contributed by atoms with Crippen LogP contribution >= 0.6 is 0 Å². The molecule has 0 aliphatic rings. The van der Waals surface area contributed by atoms with E-state index < -0.39 is 24.7 Å². The third-order valence-electron chi connectivity index (χ3n) is 3.50.